The number of aryl methyl sites for hydroxylation is 1. The molecule has 2 heterocycles. The second-order valence-corrected chi connectivity index (χ2v) is 4.56. The molecule has 0 saturated carbocycles. The summed E-state index contributed by atoms with van der Waals surface area (Å²) in [6, 6.07) is 10.5. The molecule has 0 spiro atoms. The van der Waals surface area contributed by atoms with E-state index in [0.29, 0.717) is 6.04 Å². The van der Waals surface area contributed by atoms with Gasteiger partial charge in [0.1, 0.15) is 5.75 Å². The number of nitrogens with zero attached hydrogens (tertiary/aromatic N) is 1. The molecule has 0 saturated heterocycles. The SMILES string of the molecule is Cc1ccncc1NC1CCOc2ccccc21. The summed E-state index contributed by atoms with van der Waals surface area (Å²) in [7, 11) is 0. The van der Waals surface area contributed by atoms with Gasteiger partial charge in [-0.15, -0.1) is 0 Å². The molecular formula is C15H16N2O. The van der Waals surface area contributed by atoms with Crippen molar-refractivity contribution >= 4 is 5.69 Å². The van der Waals surface area contributed by atoms with E-state index in [1.54, 1.807) is 0 Å². The lowest BCUT2D eigenvalue weighted by molar-refractivity contribution is 0.274. The normalized spacial score (nSPS) is 17.7. The van der Waals surface area contributed by atoms with Gasteiger partial charge in [0.25, 0.3) is 0 Å². The molecule has 0 bridgehead atoms. The molecule has 1 N–H and O–H groups in total. The number of rotatable bonds is 2. The van der Waals surface area contributed by atoms with Crippen molar-refractivity contribution in [2.24, 2.45) is 0 Å². The second kappa shape index (κ2) is 4.69. The molecule has 0 aliphatic carbocycles. The summed E-state index contributed by atoms with van der Waals surface area (Å²) in [4.78, 5) is 4.17. The van der Waals surface area contributed by atoms with Crippen molar-refractivity contribution in [2.75, 3.05) is 11.9 Å². The van der Waals surface area contributed by atoms with E-state index < -0.39 is 0 Å². The van der Waals surface area contributed by atoms with Crippen molar-refractivity contribution in [2.45, 2.75) is 19.4 Å². The van der Waals surface area contributed by atoms with Gasteiger partial charge in [0.05, 0.1) is 24.5 Å². The second-order valence-electron chi connectivity index (χ2n) is 4.56. The molecule has 1 aliphatic rings. The number of hydrogen-bond acceptors (Lipinski definition) is 3. The average Bonchev–Trinajstić information content (AvgIpc) is 2.42. The van der Waals surface area contributed by atoms with Crippen LogP contribution in [0.1, 0.15) is 23.6 Å². The van der Waals surface area contributed by atoms with Crippen molar-refractivity contribution in [1.82, 2.24) is 4.98 Å². The van der Waals surface area contributed by atoms with E-state index in [9.17, 15) is 0 Å². The zero-order valence-corrected chi connectivity index (χ0v) is 10.4. The van der Waals surface area contributed by atoms with Gasteiger partial charge >= 0.3 is 0 Å². The van der Waals surface area contributed by atoms with Crippen LogP contribution in [0.25, 0.3) is 0 Å². The zero-order valence-electron chi connectivity index (χ0n) is 10.4. The molecule has 2 aromatic rings. The van der Waals surface area contributed by atoms with E-state index in [-0.39, 0.29) is 0 Å². The Labute approximate surface area is 107 Å². The summed E-state index contributed by atoms with van der Waals surface area (Å²) in [6.45, 7) is 2.85. The summed E-state index contributed by atoms with van der Waals surface area (Å²) in [5.41, 5.74) is 3.54. The Morgan fingerprint density at radius 1 is 1.28 bits per heavy atom. The first kappa shape index (κ1) is 11.1. The van der Waals surface area contributed by atoms with E-state index in [1.165, 1.54) is 11.1 Å². The molecule has 1 atom stereocenters. The molecule has 1 aromatic carbocycles. The number of nitrogens with one attached hydrogen (secondary N) is 1. The number of hydrogen-bond donors (Lipinski definition) is 1. The smallest absolute Gasteiger partial charge is 0.124 e. The molecule has 3 heteroatoms. The average molecular weight is 240 g/mol. The Hall–Kier alpha value is -2.03. The highest BCUT2D eigenvalue weighted by Crippen LogP contribution is 2.34. The van der Waals surface area contributed by atoms with Crippen LogP contribution >= 0.6 is 0 Å². The molecule has 3 nitrogen and oxygen atoms in total. The molecule has 92 valence electrons. The van der Waals surface area contributed by atoms with Gasteiger partial charge in [0.2, 0.25) is 0 Å². The Kier molecular flexibility index (Phi) is 2.89. The van der Waals surface area contributed by atoms with Crippen molar-refractivity contribution in [1.29, 1.82) is 0 Å². The largest absolute Gasteiger partial charge is 0.493 e. The van der Waals surface area contributed by atoms with Crippen molar-refractivity contribution in [3.05, 3.63) is 53.9 Å². The van der Waals surface area contributed by atoms with Gasteiger partial charge in [-0.2, -0.15) is 0 Å². The molecule has 0 radical (unpaired) electrons. The van der Waals surface area contributed by atoms with Crippen molar-refractivity contribution in [3.63, 3.8) is 0 Å². The summed E-state index contributed by atoms with van der Waals surface area (Å²) in [5, 5.41) is 3.56. The Balaban J connectivity index is 1.89. The maximum Gasteiger partial charge on any atom is 0.124 e. The number of para-hydroxylation sites is 1. The first-order valence-electron chi connectivity index (χ1n) is 6.23. The number of pyridine rings is 1. The fourth-order valence-corrected chi connectivity index (χ4v) is 2.29. The van der Waals surface area contributed by atoms with Crippen LogP contribution in [0.2, 0.25) is 0 Å². The highest BCUT2D eigenvalue weighted by Gasteiger charge is 2.21. The van der Waals surface area contributed by atoms with E-state index in [2.05, 4.69) is 29.4 Å². The molecule has 0 fully saturated rings. The highest BCUT2D eigenvalue weighted by atomic mass is 16.5. The minimum Gasteiger partial charge on any atom is -0.493 e. The fourth-order valence-electron chi connectivity index (χ4n) is 2.29. The first-order chi connectivity index (χ1) is 8.84. The Morgan fingerprint density at radius 2 is 2.17 bits per heavy atom. The van der Waals surface area contributed by atoms with Crippen molar-refractivity contribution in [3.8, 4) is 5.75 Å². The lowest BCUT2D eigenvalue weighted by Gasteiger charge is -2.27. The highest BCUT2D eigenvalue weighted by molar-refractivity contribution is 5.51. The monoisotopic (exact) mass is 240 g/mol. The van der Waals surface area contributed by atoms with Crippen LogP contribution in [-0.2, 0) is 0 Å². The van der Waals surface area contributed by atoms with E-state index in [4.69, 9.17) is 4.74 Å². The van der Waals surface area contributed by atoms with Crippen LogP contribution in [0.4, 0.5) is 5.69 Å². The quantitative estimate of drug-likeness (QED) is 0.874. The van der Waals surface area contributed by atoms with E-state index >= 15 is 0 Å². The lowest BCUT2D eigenvalue weighted by Crippen LogP contribution is -2.20. The summed E-state index contributed by atoms with van der Waals surface area (Å²) < 4.78 is 5.67. The maximum absolute atomic E-state index is 5.67. The van der Waals surface area contributed by atoms with Gasteiger partial charge < -0.3 is 10.1 Å². The van der Waals surface area contributed by atoms with Crippen LogP contribution in [0, 0.1) is 6.92 Å². The molecule has 18 heavy (non-hydrogen) atoms. The third kappa shape index (κ3) is 2.04. The predicted octanol–water partition coefficient (Wildman–Crippen LogP) is 3.33. The number of benzene rings is 1. The van der Waals surface area contributed by atoms with Crippen LogP contribution in [-0.4, -0.2) is 11.6 Å². The van der Waals surface area contributed by atoms with Gasteiger partial charge in [-0.3, -0.25) is 4.98 Å². The van der Waals surface area contributed by atoms with Gasteiger partial charge in [0.15, 0.2) is 0 Å². The third-order valence-corrected chi connectivity index (χ3v) is 3.33. The Bertz CT molecular complexity index is 554. The minimum atomic E-state index is 0.304. The maximum atomic E-state index is 5.67. The van der Waals surface area contributed by atoms with Crippen LogP contribution in [0.5, 0.6) is 5.75 Å². The molecule has 1 aliphatic heterocycles. The minimum absolute atomic E-state index is 0.304. The summed E-state index contributed by atoms with van der Waals surface area (Å²) >= 11 is 0. The van der Waals surface area contributed by atoms with E-state index in [1.807, 2.05) is 30.6 Å². The first-order valence-corrected chi connectivity index (χ1v) is 6.23. The molecule has 3 rings (SSSR count). The van der Waals surface area contributed by atoms with Crippen molar-refractivity contribution < 1.29 is 4.74 Å². The molecule has 1 unspecified atom stereocenters. The predicted molar refractivity (Wildman–Crippen MR) is 71.9 cm³/mol. The lowest BCUT2D eigenvalue weighted by atomic mass is 10.00. The summed E-state index contributed by atoms with van der Waals surface area (Å²) in [5.74, 6) is 0.989. The third-order valence-electron chi connectivity index (χ3n) is 3.33. The number of ether oxygens (including phenoxy) is 1. The number of aromatic nitrogens is 1. The van der Waals surface area contributed by atoms with Gasteiger partial charge in [-0.25, -0.2) is 0 Å². The topological polar surface area (TPSA) is 34.2 Å². The van der Waals surface area contributed by atoms with Gasteiger partial charge in [0, 0.05) is 18.2 Å². The number of anilines is 1. The number of fused-ring (bicyclic) bond motifs is 1. The standard InChI is InChI=1S/C15H16N2O/c1-11-6-8-16-10-14(11)17-13-7-9-18-15-5-3-2-4-12(13)15/h2-6,8,10,13,17H,7,9H2,1H3. The zero-order chi connectivity index (χ0) is 12.4. The van der Waals surface area contributed by atoms with E-state index in [0.717, 1.165) is 24.5 Å². The Morgan fingerprint density at radius 3 is 3.06 bits per heavy atom. The fraction of sp³-hybridized carbons (Fsp3) is 0.267. The van der Waals surface area contributed by atoms with Crippen LogP contribution in [0.15, 0.2) is 42.7 Å². The molecular weight excluding hydrogens is 224 g/mol. The summed E-state index contributed by atoms with van der Waals surface area (Å²) in [6.07, 6.45) is 4.68. The molecule has 1 aromatic heterocycles. The van der Waals surface area contributed by atoms with Gasteiger partial charge in [-0.05, 0) is 24.6 Å². The van der Waals surface area contributed by atoms with Crippen LogP contribution < -0.4 is 10.1 Å². The van der Waals surface area contributed by atoms with Crippen LogP contribution in [0.3, 0.4) is 0 Å². The molecule has 0 amide bonds. The van der Waals surface area contributed by atoms with Gasteiger partial charge in [-0.1, -0.05) is 18.2 Å².